The van der Waals surface area contributed by atoms with E-state index in [1.54, 1.807) is 9.80 Å². The van der Waals surface area contributed by atoms with Crippen LogP contribution in [0.15, 0.2) is 36.4 Å². The van der Waals surface area contributed by atoms with Crippen molar-refractivity contribution in [3.05, 3.63) is 58.1 Å². The first kappa shape index (κ1) is 35.8. The molecule has 0 aliphatic carbocycles. The first-order valence-corrected chi connectivity index (χ1v) is 17.1. The predicted octanol–water partition coefficient (Wildman–Crippen LogP) is 5.95. The van der Waals surface area contributed by atoms with E-state index in [1.807, 2.05) is 29.2 Å². The fourth-order valence-corrected chi connectivity index (χ4v) is 7.42. The highest BCUT2D eigenvalue weighted by Gasteiger charge is 2.37. The van der Waals surface area contributed by atoms with Crippen LogP contribution in [0.2, 0.25) is 5.02 Å². The molecular weight excluding hydrogens is 645 g/mol. The van der Waals surface area contributed by atoms with Crippen molar-refractivity contribution in [1.29, 1.82) is 0 Å². The summed E-state index contributed by atoms with van der Waals surface area (Å²) in [5.74, 6) is -1.37. The number of piperidine rings is 2. The van der Waals surface area contributed by atoms with E-state index < -0.39 is 23.3 Å². The van der Waals surface area contributed by atoms with Gasteiger partial charge in [-0.1, -0.05) is 29.8 Å². The van der Waals surface area contributed by atoms with Crippen LogP contribution in [-0.2, 0) is 28.6 Å². The van der Waals surface area contributed by atoms with Crippen LogP contribution in [0.5, 0.6) is 0 Å². The van der Waals surface area contributed by atoms with Crippen molar-refractivity contribution in [3.63, 3.8) is 0 Å². The van der Waals surface area contributed by atoms with Gasteiger partial charge in [0.05, 0.1) is 22.2 Å². The fraction of sp³-hybridized carbons (Fsp3) is 0.571. The van der Waals surface area contributed by atoms with Gasteiger partial charge in [0, 0.05) is 62.5 Å². The molecule has 0 aromatic heterocycles. The molecule has 2 aromatic rings. The number of nitrogen functional groups attached to an aromatic ring is 1. The van der Waals surface area contributed by atoms with Gasteiger partial charge in [-0.25, -0.2) is 4.79 Å². The Bertz CT molecular complexity index is 1500. The maximum Gasteiger partial charge on any atom is 0.418 e. The van der Waals surface area contributed by atoms with Gasteiger partial charge >= 0.3 is 12.2 Å². The summed E-state index contributed by atoms with van der Waals surface area (Å²) in [4.78, 5) is 46.0. The molecule has 4 amide bonds. The standard InChI is InChI=1S/C35H46ClF3N6O3/c1-34(2,3)42-25-9-13-44(14-10-25)32(47)24(18-22-19-27(35(37,38)39)31(40)28(36)20-22)21-30(46)43-15-11-26(12-16-43)45-17-8-23-6-4-5-7-29(23)41-33(45)48/h4-7,19-20,24-26,42H,8-18,21,40H2,1-3H3,(H,41,48). The van der Waals surface area contributed by atoms with E-state index in [4.69, 9.17) is 17.3 Å². The molecule has 3 aliphatic heterocycles. The molecule has 0 spiro atoms. The van der Waals surface area contributed by atoms with Gasteiger partial charge in [-0.15, -0.1) is 0 Å². The summed E-state index contributed by atoms with van der Waals surface area (Å²) < 4.78 is 41.3. The summed E-state index contributed by atoms with van der Waals surface area (Å²) in [6, 6.07) is 10.1. The van der Waals surface area contributed by atoms with Gasteiger partial charge < -0.3 is 31.1 Å². The number of hydrogen-bond acceptors (Lipinski definition) is 5. The number of para-hydroxylation sites is 1. The molecule has 1 atom stereocenters. The van der Waals surface area contributed by atoms with Crippen molar-refractivity contribution in [3.8, 4) is 0 Å². The van der Waals surface area contributed by atoms with Crippen LogP contribution in [0.4, 0.5) is 29.3 Å². The quantitative estimate of drug-likeness (QED) is 0.311. The topological polar surface area (TPSA) is 111 Å². The summed E-state index contributed by atoms with van der Waals surface area (Å²) in [6.07, 6.45) is -1.58. The summed E-state index contributed by atoms with van der Waals surface area (Å²) in [6.45, 7) is 8.64. The molecule has 0 radical (unpaired) electrons. The van der Waals surface area contributed by atoms with E-state index in [2.05, 4.69) is 31.4 Å². The molecule has 3 heterocycles. The molecule has 48 heavy (non-hydrogen) atoms. The van der Waals surface area contributed by atoms with Crippen LogP contribution < -0.4 is 16.4 Å². The minimum atomic E-state index is -4.72. The second-order valence-electron chi connectivity index (χ2n) is 14.3. The molecule has 262 valence electrons. The number of carbonyl (C=O) groups is 3. The molecule has 9 nitrogen and oxygen atoms in total. The average Bonchev–Trinajstić information content (AvgIpc) is 3.19. The Balaban J connectivity index is 1.27. The van der Waals surface area contributed by atoms with Crippen LogP contribution in [-0.4, -0.2) is 82.9 Å². The number of amides is 4. The Morgan fingerprint density at radius 3 is 2.29 bits per heavy atom. The first-order chi connectivity index (χ1) is 22.6. The van der Waals surface area contributed by atoms with Crippen LogP contribution >= 0.6 is 11.6 Å². The number of fused-ring (bicyclic) bond motifs is 1. The van der Waals surface area contributed by atoms with E-state index in [-0.39, 0.29) is 58.9 Å². The van der Waals surface area contributed by atoms with Crippen LogP contribution in [0.1, 0.15) is 69.6 Å². The van der Waals surface area contributed by atoms with E-state index in [0.717, 1.165) is 36.6 Å². The number of hydrogen-bond donors (Lipinski definition) is 3. The number of halogens is 4. The minimum Gasteiger partial charge on any atom is -0.397 e. The largest absolute Gasteiger partial charge is 0.418 e. The van der Waals surface area contributed by atoms with Crippen molar-refractivity contribution in [2.75, 3.05) is 43.8 Å². The lowest BCUT2D eigenvalue weighted by molar-refractivity contribution is -0.142. The van der Waals surface area contributed by atoms with E-state index in [0.29, 0.717) is 45.6 Å². The van der Waals surface area contributed by atoms with Crippen LogP contribution in [0.3, 0.4) is 0 Å². The molecule has 3 aliphatic rings. The Morgan fingerprint density at radius 2 is 1.65 bits per heavy atom. The zero-order valence-electron chi connectivity index (χ0n) is 27.8. The zero-order valence-corrected chi connectivity index (χ0v) is 28.6. The highest BCUT2D eigenvalue weighted by atomic mass is 35.5. The lowest BCUT2D eigenvalue weighted by atomic mass is 9.91. The van der Waals surface area contributed by atoms with Gasteiger partial charge in [-0.2, -0.15) is 13.2 Å². The van der Waals surface area contributed by atoms with Gasteiger partial charge in [0.25, 0.3) is 0 Å². The number of anilines is 2. The number of nitrogens with zero attached hydrogens (tertiary/aromatic N) is 3. The van der Waals surface area contributed by atoms with Crippen molar-refractivity contribution in [2.45, 2.75) is 89.5 Å². The van der Waals surface area contributed by atoms with Gasteiger partial charge in [-0.05, 0) is 88.6 Å². The van der Waals surface area contributed by atoms with E-state index in [9.17, 15) is 27.6 Å². The molecule has 1 unspecified atom stereocenters. The van der Waals surface area contributed by atoms with Crippen LogP contribution in [0, 0.1) is 5.92 Å². The Morgan fingerprint density at radius 1 is 1.00 bits per heavy atom. The maximum absolute atomic E-state index is 14.0. The number of nitrogens with one attached hydrogen (secondary N) is 2. The molecule has 2 saturated heterocycles. The number of benzene rings is 2. The number of carbonyl (C=O) groups excluding carboxylic acids is 3. The van der Waals surface area contributed by atoms with Gasteiger partial charge in [0.2, 0.25) is 11.8 Å². The summed E-state index contributed by atoms with van der Waals surface area (Å²) in [5.41, 5.74) is 6.05. The number of urea groups is 1. The number of rotatable bonds is 7. The number of alkyl halides is 3. The molecule has 13 heteroatoms. The van der Waals surface area contributed by atoms with Gasteiger partial charge in [-0.3, -0.25) is 9.59 Å². The highest BCUT2D eigenvalue weighted by molar-refractivity contribution is 6.33. The normalized spacial score (nSPS) is 19.1. The Hall–Kier alpha value is -3.51. The maximum atomic E-state index is 14.0. The summed E-state index contributed by atoms with van der Waals surface area (Å²) >= 11 is 6.12. The van der Waals surface area contributed by atoms with Crippen molar-refractivity contribution in [1.82, 2.24) is 20.0 Å². The lowest BCUT2D eigenvalue weighted by Gasteiger charge is -2.39. The summed E-state index contributed by atoms with van der Waals surface area (Å²) in [5, 5.41) is 6.33. The third-order valence-corrected chi connectivity index (χ3v) is 9.90. The highest BCUT2D eigenvalue weighted by Crippen LogP contribution is 2.38. The predicted molar refractivity (Wildman–Crippen MR) is 181 cm³/mol. The van der Waals surface area contributed by atoms with Crippen molar-refractivity contribution in [2.24, 2.45) is 5.92 Å². The molecule has 2 aromatic carbocycles. The van der Waals surface area contributed by atoms with Gasteiger partial charge in [0.15, 0.2) is 0 Å². The SMILES string of the molecule is CC(C)(C)NC1CCN(C(=O)C(CC(=O)N2CCC(N3CCc4ccccc4NC3=O)CC2)Cc2cc(Cl)c(N)c(C(F)(F)F)c2)CC1. The van der Waals surface area contributed by atoms with Crippen molar-refractivity contribution < 1.29 is 27.6 Å². The third-order valence-electron chi connectivity index (χ3n) is 9.59. The second-order valence-corrected chi connectivity index (χ2v) is 14.7. The smallest absolute Gasteiger partial charge is 0.397 e. The fourth-order valence-electron chi connectivity index (χ4n) is 7.18. The van der Waals surface area contributed by atoms with E-state index >= 15 is 0 Å². The van der Waals surface area contributed by atoms with Crippen LogP contribution in [0.25, 0.3) is 0 Å². The third kappa shape index (κ3) is 8.74. The number of likely N-dealkylation sites (tertiary alicyclic amines) is 2. The first-order valence-electron chi connectivity index (χ1n) is 16.7. The number of nitrogens with two attached hydrogens (primary N) is 1. The molecular formula is C35H46ClF3N6O3. The minimum absolute atomic E-state index is 0.0403. The monoisotopic (exact) mass is 690 g/mol. The Kier molecular flexibility index (Phi) is 10.8. The lowest BCUT2D eigenvalue weighted by Crippen LogP contribution is -2.52. The average molecular weight is 691 g/mol. The molecule has 0 saturated carbocycles. The second kappa shape index (κ2) is 14.5. The Labute approximate surface area is 285 Å². The van der Waals surface area contributed by atoms with Gasteiger partial charge in [0.1, 0.15) is 0 Å². The van der Waals surface area contributed by atoms with Crippen molar-refractivity contribution >= 4 is 40.8 Å². The molecule has 4 N–H and O–H groups in total. The molecule has 0 bridgehead atoms. The zero-order chi connectivity index (χ0) is 34.8. The summed E-state index contributed by atoms with van der Waals surface area (Å²) in [7, 11) is 0. The van der Waals surface area contributed by atoms with E-state index in [1.165, 1.54) is 6.07 Å². The molecule has 5 rings (SSSR count). The molecule has 2 fully saturated rings.